The number of hydrogen-bond acceptors (Lipinski definition) is 2. The molecule has 0 N–H and O–H groups in total. The van der Waals surface area contributed by atoms with Gasteiger partial charge < -0.3 is 18.6 Å². The molecule has 4 nitrogen and oxygen atoms in total. The van der Waals surface area contributed by atoms with Gasteiger partial charge in [-0.1, -0.05) is 103 Å². The molecule has 0 aliphatic carbocycles. The third-order valence-corrected chi connectivity index (χ3v) is 12.1. The van der Waals surface area contributed by atoms with Crippen molar-refractivity contribution in [1.82, 2.24) is 9.13 Å². The molecular formula is C51H35BN2O2. The number of aryl methyl sites for hydroxylation is 3. The molecule has 264 valence electrons. The Morgan fingerprint density at radius 3 is 1.21 bits per heavy atom. The third-order valence-electron chi connectivity index (χ3n) is 12.1. The van der Waals surface area contributed by atoms with Crippen molar-refractivity contribution in [3.8, 4) is 45.5 Å². The van der Waals surface area contributed by atoms with E-state index in [9.17, 15) is 0 Å². The zero-order chi connectivity index (χ0) is 37.2. The third kappa shape index (κ3) is 4.37. The van der Waals surface area contributed by atoms with Gasteiger partial charge in [-0.2, -0.15) is 0 Å². The first-order chi connectivity index (χ1) is 27.5. The Hall–Kier alpha value is -6.98. The van der Waals surface area contributed by atoms with Crippen molar-refractivity contribution < 1.29 is 9.47 Å². The van der Waals surface area contributed by atoms with E-state index in [1.807, 2.05) is 0 Å². The van der Waals surface area contributed by atoms with E-state index in [0.29, 0.717) is 0 Å². The van der Waals surface area contributed by atoms with Crippen molar-refractivity contribution in [1.29, 1.82) is 0 Å². The van der Waals surface area contributed by atoms with E-state index in [4.69, 9.17) is 9.47 Å². The zero-order valence-corrected chi connectivity index (χ0v) is 31.3. The van der Waals surface area contributed by atoms with Crippen LogP contribution < -0.4 is 25.9 Å². The summed E-state index contributed by atoms with van der Waals surface area (Å²) in [5.74, 6) is 3.40. The molecule has 0 bridgehead atoms. The Bertz CT molecular complexity index is 3000. The van der Waals surface area contributed by atoms with Gasteiger partial charge in [-0.15, -0.1) is 0 Å². The van der Waals surface area contributed by atoms with Gasteiger partial charge in [0, 0.05) is 50.5 Å². The molecule has 5 heteroatoms. The highest BCUT2D eigenvalue weighted by Crippen LogP contribution is 2.42. The number of fused-ring (bicyclic) bond motifs is 10. The minimum atomic E-state index is -0.0684. The minimum absolute atomic E-state index is 0.0684. The fraction of sp³-hybridized carbons (Fsp3) is 0.0588. The highest BCUT2D eigenvalue weighted by atomic mass is 16.5. The van der Waals surface area contributed by atoms with Crippen molar-refractivity contribution in [2.75, 3.05) is 0 Å². The van der Waals surface area contributed by atoms with Gasteiger partial charge in [-0.25, -0.2) is 0 Å². The van der Waals surface area contributed by atoms with Crippen LogP contribution in [0.25, 0.3) is 66.1 Å². The largest absolute Gasteiger partial charge is 0.458 e. The van der Waals surface area contributed by atoms with E-state index >= 15 is 0 Å². The van der Waals surface area contributed by atoms with Gasteiger partial charge in [-0.05, 0) is 102 Å². The molecule has 2 aromatic heterocycles. The van der Waals surface area contributed by atoms with E-state index < -0.39 is 0 Å². The van der Waals surface area contributed by atoms with E-state index in [2.05, 4.69) is 188 Å². The molecule has 0 saturated heterocycles. The highest BCUT2D eigenvalue weighted by Gasteiger charge is 2.41. The van der Waals surface area contributed by atoms with Crippen molar-refractivity contribution in [3.63, 3.8) is 0 Å². The first-order valence-corrected chi connectivity index (χ1v) is 19.4. The first-order valence-electron chi connectivity index (χ1n) is 19.4. The van der Waals surface area contributed by atoms with Crippen LogP contribution in [0.5, 0.6) is 23.0 Å². The summed E-state index contributed by atoms with van der Waals surface area (Å²) in [6, 6.07) is 57.1. The molecule has 0 spiro atoms. The molecule has 0 unspecified atom stereocenters. The summed E-state index contributed by atoms with van der Waals surface area (Å²) in [5.41, 5.74) is 16.2. The second-order valence-electron chi connectivity index (χ2n) is 15.5. The molecule has 0 saturated carbocycles. The van der Waals surface area contributed by atoms with Gasteiger partial charge in [0.1, 0.15) is 23.0 Å². The molecule has 0 fully saturated rings. The van der Waals surface area contributed by atoms with Gasteiger partial charge in [0.2, 0.25) is 0 Å². The Morgan fingerprint density at radius 2 is 0.804 bits per heavy atom. The topological polar surface area (TPSA) is 28.3 Å². The lowest BCUT2D eigenvalue weighted by molar-refractivity contribution is 0.464. The average molecular weight is 719 g/mol. The van der Waals surface area contributed by atoms with E-state index in [1.54, 1.807) is 0 Å². The number of para-hydroxylation sites is 4. The van der Waals surface area contributed by atoms with Crippen molar-refractivity contribution in [2.24, 2.45) is 0 Å². The number of rotatable bonds is 3. The molecule has 0 radical (unpaired) electrons. The van der Waals surface area contributed by atoms with Crippen LogP contribution in [0.4, 0.5) is 0 Å². The Labute approximate surface area is 324 Å². The predicted octanol–water partition coefficient (Wildman–Crippen LogP) is 11.2. The fourth-order valence-electron chi connectivity index (χ4n) is 9.93. The van der Waals surface area contributed by atoms with E-state index in [-0.39, 0.29) is 6.71 Å². The summed E-state index contributed by atoms with van der Waals surface area (Å²) in [6.07, 6.45) is 0. The molecule has 0 atom stereocenters. The SMILES string of the molecule is Cc1cc(C)c(-c2cc3c4c(c2)Oc2cc(-n5c6ccccc6c6ccccc65)ccc2B4c2ccc(-n4c5ccccc5c5ccccc54)cc2O3)c(C)c1. The summed E-state index contributed by atoms with van der Waals surface area (Å²) < 4.78 is 18.8. The van der Waals surface area contributed by atoms with Crippen molar-refractivity contribution in [3.05, 3.63) is 174 Å². The Balaban J connectivity index is 1.09. The summed E-state index contributed by atoms with van der Waals surface area (Å²) in [6.45, 7) is 6.49. The van der Waals surface area contributed by atoms with Gasteiger partial charge in [0.15, 0.2) is 0 Å². The summed E-state index contributed by atoms with van der Waals surface area (Å²) in [5, 5.41) is 4.95. The maximum Gasteiger partial charge on any atom is 0.260 e. The quantitative estimate of drug-likeness (QED) is 0.170. The minimum Gasteiger partial charge on any atom is -0.458 e. The van der Waals surface area contributed by atoms with Crippen LogP contribution in [0.3, 0.4) is 0 Å². The van der Waals surface area contributed by atoms with E-state index in [1.165, 1.54) is 65.9 Å². The van der Waals surface area contributed by atoms with Crippen LogP contribution in [0.2, 0.25) is 0 Å². The molecule has 10 aromatic rings. The van der Waals surface area contributed by atoms with Crippen molar-refractivity contribution in [2.45, 2.75) is 20.8 Å². The lowest BCUT2D eigenvalue weighted by Crippen LogP contribution is -2.57. The standard InChI is InChI=1S/C51H35BN2O2/c1-30-24-31(2)50(32(3)25-30)33-26-48-51-49(27-33)56-47-29-35(54-44-18-10-6-14-38(44)39-15-7-11-19-45(39)54)21-23-41(47)52(51)40-22-20-34(28-46(40)55-48)53-42-16-8-4-12-36(42)37-13-5-9-17-43(37)53/h4-29H,1-3H3. The van der Waals surface area contributed by atoms with Crippen LogP contribution in [0.15, 0.2) is 158 Å². The normalized spacial score (nSPS) is 12.8. The zero-order valence-electron chi connectivity index (χ0n) is 31.3. The van der Waals surface area contributed by atoms with Gasteiger partial charge in [-0.3, -0.25) is 0 Å². The average Bonchev–Trinajstić information content (AvgIpc) is 3.73. The first kappa shape index (κ1) is 31.4. The molecule has 2 aliphatic heterocycles. The Kier molecular flexibility index (Phi) is 6.45. The van der Waals surface area contributed by atoms with Crippen LogP contribution in [0.1, 0.15) is 16.7 Å². The molecule has 56 heavy (non-hydrogen) atoms. The lowest BCUT2D eigenvalue weighted by atomic mass is 9.35. The molecule has 12 rings (SSSR count). The molecule has 2 aliphatic rings. The second kappa shape index (κ2) is 11.5. The molecule has 8 aromatic carbocycles. The van der Waals surface area contributed by atoms with Crippen LogP contribution >= 0.6 is 0 Å². The van der Waals surface area contributed by atoms with Crippen LogP contribution in [0, 0.1) is 20.8 Å². The maximum atomic E-state index is 7.05. The van der Waals surface area contributed by atoms with Gasteiger partial charge >= 0.3 is 0 Å². The number of aromatic nitrogens is 2. The summed E-state index contributed by atoms with van der Waals surface area (Å²) >= 11 is 0. The second-order valence-corrected chi connectivity index (χ2v) is 15.5. The number of nitrogens with zero attached hydrogens (tertiary/aromatic N) is 2. The van der Waals surface area contributed by atoms with Crippen LogP contribution in [-0.2, 0) is 0 Å². The van der Waals surface area contributed by atoms with Gasteiger partial charge in [0.05, 0.1) is 22.1 Å². The van der Waals surface area contributed by atoms with E-state index in [0.717, 1.165) is 56.3 Å². The molecular weight excluding hydrogens is 683 g/mol. The fourth-order valence-corrected chi connectivity index (χ4v) is 9.93. The molecule has 0 amide bonds. The maximum absolute atomic E-state index is 7.05. The summed E-state index contributed by atoms with van der Waals surface area (Å²) in [4.78, 5) is 0. The van der Waals surface area contributed by atoms with Gasteiger partial charge in [0.25, 0.3) is 6.71 Å². The molecule has 4 heterocycles. The van der Waals surface area contributed by atoms with Crippen molar-refractivity contribution >= 4 is 66.7 Å². The predicted molar refractivity (Wildman–Crippen MR) is 232 cm³/mol. The lowest BCUT2D eigenvalue weighted by Gasteiger charge is -2.34. The number of hydrogen-bond donors (Lipinski definition) is 0. The van der Waals surface area contributed by atoms with Crippen LogP contribution in [-0.4, -0.2) is 15.8 Å². The number of ether oxygens (including phenoxy) is 2. The summed E-state index contributed by atoms with van der Waals surface area (Å²) in [7, 11) is 0. The Morgan fingerprint density at radius 1 is 0.411 bits per heavy atom. The monoisotopic (exact) mass is 718 g/mol. The highest BCUT2D eigenvalue weighted by molar-refractivity contribution is 6.98. The smallest absolute Gasteiger partial charge is 0.260 e. The number of benzene rings is 8.